The Labute approximate surface area is 137 Å². The molecule has 1 heterocycles. The summed E-state index contributed by atoms with van der Waals surface area (Å²) in [5.74, 6) is -1.49. The van der Waals surface area contributed by atoms with Crippen LogP contribution in [0.3, 0.4) is 0 Å². The minimum Gasteiger partial charge on any atom is -0.478 e. The summed E-state index contributed by atoms with van der Waals surface area (Å²) in [5.41, 5.74) is 0.591. The fourth-order valence-electron chi connectivity index (χ4n) is 2.51. The molecule has 0 saturated carbocycles. The van der Waals surface area contributed by atoms with Gasteiger partial charge in [0.05, 0.1) is 12.2 Å². The third-order valence-electron chi connectivity index (χ3n) is 3.74. The van der Waals surface area contributed by atoms with Gasteiger partial charge in [0.2, 0.25) is 5.91 Å². The number of hydrogen-bond donors (Lipinski definition) is 6. The fraction of sp³-hybridized carbons (Fsp3) is 0.467. The van der Waals surface area contributed by atoms with Crippen LogP contribution in [-0.4, -0.2) is 69.5 Å². The molecule has 9 nitrogen and oxygen atoms in total. The number of aliphatic hydroxyl groups is 3. The van der Waals surface area contributed by atoms with Gasteiger partial charge in [-0.25, -0.2) is 4.79 Å². The second kappa shape index (κ2) is 7.58. The van der Waals surface area contributed by atoms with Crippen molar-refractivity contribution in [2.24, 2.45) is 0 Å². The molecule has 1 saturated heterocycles. The van der Waals surface area contributed by atoms with Gasteiger partial charge in [0.1, 0.15) is 24.4 Å². The van der Waals surface area contributed by atoms with Crippen LogP contribution in [0.5, 0.6) is 0 Å². The van der Waals surface area contributed by atoms with E-state index in [1.807, 2.05) is 0 Å². The SMILES string of the molecule is CC(=O)N[C@H]1[C@H](O)[C@@H](O)[C@@H](CO)O[C@@H]1Nc1ccc(C(=O)O)cc1. The molecule has 6 N–H and O–H groups in total. The summed E-state index contributed by atoms with van der Waals surface area (Å²) in [7, 11) is 0. The van der Waals surface area contributed by atoms with E-state index in [1.165, 1.54) is 31.2 Å². The molecule has 1 amide bonds. The zero-order chi connectivity index (χ0) is 17.9. The number of aromatic carboxylic acids is 1. The highest BCUT2D eigenvalue weighted by molar-refractivity contribution is 5.88. The Bertz CT molecular complexity index is 592. The summed E-state index contributed by atoms with van der Waals surface area (Å²) in [6, 6.07) is 4.82. The van der Waals surface area contributed by atoms with Gasteiger partial charge in [-0.15, -0.1) is 0 Å². The zero-order valence-electron chi connectivity index (χ0n) is 12.9. The lowest BCUT2D eigenvalue weighted by molar-refractivity contribution is -0.188. The summed E-state index contributed by atoms with van der Waals surface area (Å²) >= 11 is 0. The molecule has 132 valence electrons. The predicted molar refractivity (Wildman–Crippen MR) is 82.4 cm³/mol. The lowest BCUT2D eigenvalue weighted by Gasteiger charge is -2.43. The molecule has 0 aromatic heterocycles. The van der Waals surface area contributed by atoms with Gasteiger partial charge in [0, 0.05) is 12.6 Å². The molecule has 9 heteroatoms. The highest BCUT2D eigenvalue weighted by Gasteiger charge is 2.44. The first-order valence-electron chi connectivity index (χ1n) is 7.33. The third kappa shape index (κ3) is 4.01. The van der Waals surface area contributed by atoms with Crippen molar-refractivity contribution in [2.75, 3.05) is 11.9 Å². The first-order valence-corrected chi connectivity index (χ1v) is 7.33. The monoisotopic (exact) mass is 340 g/mol. The maximum Gasteiger partial charge on any atom is 0.335 e. The number of hydrogen-bond acceptors (Lipinski definition) is 7. The molecule has 0 bridgehead atoms. The quantitative estimate of drug-likeness (QED) is 0.389. The summed E-state index contributed by atoms with van der Waals surface area (Å²) in [6.07, 6.45) is -4.67. The smallest absolute Gasteiger partial charge is 0.335 e. The minimum atomic E-state index is -1.36. The Hall–Kier alpha value is -2.20. The van der Waals surface area contributed by atoms with E-state index in [0.717, 1.165) is 0 Å². The van der Waals surface area contributed by atoms with Crippen molar-refractivity contribution in [1.82, 2.24) is 5.32 Å². The molecular formula is C15H20N2O7. The molecule has 2 rings (SSSR count). The summed E-state index contributed by atoms with van der Waals surface area (Å²) < 4.78 is 5.51. The number of ether oxygens (including phenoxy) is 1. The molecule has 0 spiro atoms. The second-order valence-electron chi connectivity index (χ2n) is 5.51. The van der Waals surface area contributed by atoms with E-state index in [0.29, 0.717) is 5.69 Å². The predicted octanol–water partition coefficient (Wildman–Crippen LogP) is -1.26. The lowest BCUT2D eigenvalue weighted by atomic mass is 9.95. The van der Waals surface area contributed by atoms with Crippen molar-refractivity contribution in [3.63, 3.8) is 0 Å². The number of carbonyl (C=O) groups excluding carboxylic acids is 1. The Morgan fingerprint density at radius 1 is 1.17 bits per heavy atom. The number of amides is 1. The third-order valence-corrected chi connectivity index (χ3v) is 3.74. The van der Waals surface area contributed by atoms with Crippen molar-refractivity contribution < 1.29 is 34.8 Å². The van der Waals surface area contributed by atoms with E-state index >= 15 is 0 Å². The molecule has 0 unspecified atom stereocenters. The van der Waals surface area contributed by atoms with Gasteiger partial charge in [0.15, 0.2) is 6.23 Å². The molecular weight excluding hydrogens is 320 g/mol. The van der Waals surface area contributed by atoms with Crippen LogP contribution in [0.4, 0.5) is 5.69 Å². The van der Waals surface area contributed by atoms with E-state index < -0.39 is 49.1 Å². The van der Waals surface area contributed by atoms with Crippen LogP contribution in [0.1, 0.15) is 17.3 Å². The number of benzene rings is 1. The Balaban J connectivity index is 2.19. The molecule has 24 heavy (non-hydrogen) atoms. The van der Waals surface area contributed by atoms with Crippen LogP contribution in [0, 0.1) is 0 Å². The van der Waals surface area contributed by atoms with Gasteiger partial charge in [-0.3, -0.25) is 4.79 Å². The number of nitrogens with one attached hydrogen (secondary N) is 2. The second-order valence-corrected chi connectivity index (χ2v) is 5.51. The zero-order valence-corrected chi connectivity index (χ0v) is 12.9. The number of anilines is 1. The number of carboxylic acid groups (broad SMARTS) is 1. The molecule has 1 fully saturated rings. The van der Waals surface area contributed by atoms with Gasteiger partial charge in [-0.1, -0.05) is 0 Å². The van der Waals surface area contributed by atoms with Crippen LogP contribution < -0.4 is 10.6 Å². The minimum absolute atomic E-state index is 0.104. The van der Waals surface area contributed by atoms with Gasteiger partial charge in [0.25, 0.3) is 0 Å². The van der Waals surface area contributed by atoms with Crippen LogP contribution in [0.15, 0.2) is 24.3 Å². The molecule has 0 aliphatic carbocycles. The first kappa shape index (κ1) is 18.1. The maximum atomic E-state index is 11.3. The van der Waals surface area contributed by atoms with Gasteiger partial charge in [-0.05, 0) is 24.3 Å². The first-order chi connectivity index (χ1) is 11.3. The van der Waals surface area contributed by atoms with E-state index in [4.69, 9.17) is 9.84 Å². The van der Waals surface area contributed by atoms with E-state index in [-0.39, 0.29) is 5.56 Å². The number of carbonyl (C=O) groups is 2. The van der Waals surface area contributed by atoms with Gasteiger partial charge in [-0.2, -0.15) is 0 Å². The average Bonchev–Trinajstić information content (AvgIpc) is 2.54. The molecule has 5 atom stereocenters. The Morgan fingerprint density at radius 2 is 1.79 bits per heavy atom. The molecule has 0 radical (unpaired) electrons. The van der Waals surface area contributed by atoms with Crippen LogP contribution in [-0.2, 0) is 9.53 Å². The van der Waals surface area contributed by atoms with E-state index in [9.17, 15) is 24.9 Å². The number of rotatable bonds is 5. The van der Waals surface area contributed by atoms with E-state index in [1.54, 1.807) is 0 Å². The Kier molecular flexibility index (Phi) is 5.73. The lowest BCUT2D eigenvalue weighted by Crippen LogP contribution is -2.65. The fourth-order valence-corrected chi connectivity index (χ4v) is 2.51. The van der Waals surface area contributed by atoms with Crippen LogP contribution in [0.2, 0.25) is 0 Å². The largest absolute Gasteiger partial charge is 0.478 e. The summed E-state index contributed by atoms with van der Waals surface area (Å²) in [4.78, 5) is 22.2. The van der Waals surface area contributed by atoms with Gasteiger partial charge < -0.3 is 35.8 Å². The summed E-state index contributed by atoms with van der Waals surface area (Å²) in [5, 5.41) is 43.6. The highest BCUT2D eigenvalue weighted by Crippen LogP contribution is 2.23. The van der Waals surface area contributed by atoms with Crippen LogP contribution in [0.25, 0.3) is 0 Å². The molecule has 1 aliphatic heterocycles. The van der Waals surface area contributed by atoms with Crippen molar-refractivity contribution in [2.45, 2.75) is 37.5 Å². The van der Waals surface area contributed by atoms with Crippen molar-refractivity contribution in [3.8, 4) is 0 Å². The average molecular weight is 340 g/mol. The molecule has 1 aromatic rings. The topological polar surface area (TPSA) is 148 Å². The Morgan fingerprint density at radius 3 is 2.29 bits per heavy atom. The molecule has 1 aliphatic rings. The van der Waals surface area contributed by atoms with Crippen LogP contribution >= 0.6 is 0 Å². The normalized spacial score (nSPS) is 29.8. The van der Waals surface area contributed by atoms with Crippen molar-refractivity contribution in [3.05, 3.63) is 29.8 Å². The maximum absolute atomic E-state index is 11.3. The number of aliphatic hydroxyl groups excluding tert-OH is 3. The molecule has 1 aromatic carbocycles. The van der Waals surface area contributed by atoms with Gasteiger partial charge >= 0.3 is 5.97 Å². The standard InChI is InChI=1S/C15H20N2O7/c1-7(19)16-11-13(21)12(20)10(6-18)24-14(11)17-9-4-2-8(3-5-9)15(22)23/h2-5,10-14,17-18,20-21H,6H2,1H3,(H,16,19)(H,22,23)/t10-,11+,12+,13+,14+/m1/s1. The van der Waals surface area contributed by atoms with Crippen molar-refractivity contribution in [1.29, 1.82) is 0 Å². The summed E-state index contributed by atoms with van der Waals surface area (Å²) in [6.45, 7) is 0.747. The van der Waals surface area contributed by atoms with Crippen molar-refractivity contribution >= 4 is 17.6 Å². The highest BCUT2D eigenvalue weighted by atomic mass is 16.5. The van der Waals surface area contributed by atoms with E-state index in [2.05, 4.69) is 10.6 Å². The number of carboxylic acids is 1.